The molecule has 2 aromatic carbocycles. The number of benzene rings is 2. The molecule has 1 amide bonds. The molecule has 1 saturated heterocycles. The molecule has 1 N–H and O–H groups in total. The molecule has 1 fully saturated rings. The van der Waals surface area contributed by atoms with E-state index in [1.165, 1.54) is 46.8 Å². The third-order valence-corrected chi connectivity index (χ3v) is 7.03. The van der Waals surface area contributed by atoms with Crippen LogP contribution in [0.25, 0.3) is 5.57 Å². The van der Waals surface area contributed by atoms with E-state index < -0.39 is 27.7 Å². The van der Waals surface area contributed by atoms with Crippen LogP contribution in [0.2, 0.25) is 0 Å². The lowest BCUT2D eigenvalue weighted by Gasteiger charge is -2.27. The van der Waals surface area contributed by atoms with Crippen LogP contribution >= 0.6 is 0 Å². The van der Waals surface area contributed by atoms with Crippen molar-refractivity contribution in [2.45, 2.75) is 37.3 Å². The van der Waals surface area contributed by atoms with Crippen molar-refractivity contribution in [2.24, 2.45) is 0 Å². The van der Waals surface area contributed by atoms with Gasteiger partial charge in [0.05, 0.1) is 12.2 Å². The van der Waals surface area contributed by atoms with Gasteiger partial charge in [0.1, 0.15) is 10.6 Å². The number of allylic oxidation sites excluding steroid dienone is 1. The van der Waals surface area contributed by atoms with Crippen LogP contribution in [0.15, 0.2) is 59.5 Å². The highest BCUT2D eigenvalue weighted by atomic mass is 32.2. The van der Waals surface area contributed by atoms with Gasteiger partial charge in [-0.1, -0.05) is 36.8 Å². The maximum Gasteiger partial charge on any atom is 0.417 e. The van der Waals surface area contributed by atoms with Crippen LogP contribution in [-0.4, -0.2) is 44.5 Å². The summed E-state index contributed by atoms with van der Waals surface area (Å²) in [6, 6.07) is 11.0. The minimum absolute atomic E-state index is 0.0462. The van der Waals surface area contributed by atoms with Crippen LogP contribution < -0.4 is 10.1 Å². The largest absolute Gasteiger partial charge is 0.492 e. The smallest absolute Gasteiger partial charge is 0.417 e. The summed E-state index contributed by atoms with van der Waals surface area (Å²) in [6.07, 6.45) is -1.87. The molecule has 0 aliphatic carbocycles. The molecule has 0 radical (unpaired) electrons. The summed E-state index contributed by atoms with van der Waals surface area (Å²) < 4.78 is 73.8. The predicted molar refractivity (Wildman–Crippen MR) is 119 cm³/mol. The third-order valence-electron chi connectivity index (χ3n) is 5.11. The fourth-order valence-electron chi connectivity index (χ4n) is 3.56. The fraction of sp³-hybridized carbons (Fsp3) is 0.348. The topological polar surface area (TPSA) is 75.7 Å². The number of amides is 1. The summed E-state index contributed by atoms with van der Waals surface area (Å²) in [5.74, 6) is -0.909. The summed E-state index contributed by atoms with van der Waals surface area (Å²) in [5, 5.41) is 2.35. The lowest BCUT2D eigenvalue weighted by molar-refractivity contribution is -0.112. The van der Waals surface area contributed by atoms with Gasteiger partial charge < -0.3 is 10.1 Å². The quantitative estimate of drug-likeness (QED) is 0.573. The number of carbonyl (C=O) groups excluding carboxylic acids is 1. The Morgan fingerprint density at radius 2 is 1.76 bits per heavy atom. The van der Waals surface area contributed by atoms with Crippen LogP contribution in [0.1, 0.15) is 31.7 Å². The predicted octanol–water partition coefficient (Wildman–Crippen LogP) is 4.84. The first-order valence-electron chi connectivity index (χ1n) is 10.5. The molecule has 0 atom stereocenters. The Morgan fingerprint density at radius 1 is 1.09 bits per heavy atom. The molecule has 1 heterocycles. The molecule has 2 aromatic rings. The summed E-state index contributed by atoms with van der Waals surface area (Å²) in [4.78, 5) is 12.3. The number of sulfonamides is 1. The van der Waals surface area contributed by atoms with Crippen LogP contribution in [0.5, 0.6) is 5.75 Å². The number of anilines is 1. The van der Waals surface area contributed by atoms with Gasteiger partial charge in [-0.2, -0.15) is 17.5 Å². The highest BCUT2D eigenvalue weighted by Crippen LogP contribution is 2.34. The van der Waals surface area contributed by atoms with Gasteiger partial charge in [-0.3, -0.25) is 4.79 Å². The Hall–Kier alpha value is -2.85. The van der Waals surface area contributed by atoms with Crippen LogP contribution in [0.4, 0.5) is 18.9 Å². The first-order valence-corrected chi connectivity index (χ1v) is 12.0. The molecule has 33 heavy (non-hydrogen) atoms. The van der Waals surface area contributed by atoms with Gasteiger partial charge in [-0.05, 0) is 43.5 Å². The van der Waals surface area contributed by atoms with Crippen molar-refractivity contribution in [3.05, 3.63) is 60.2 Å². The van der Waals surface area contributed by atoms with Gasteiger partial charge in [0.25, 0.3) is 0 Å². The monoisotopic (exact) mass is 482 g/mol. The Balaban J connectivity index is 1.93. The zero-order chi connectivity index (χ0) is 24.1. The van der Waals surface area contributed by atoms with Crippen LogP contribution in [0.3, 0.4) is 0 Å². The standard InChI is InChI=1S/C23H25F3N2O4S/c1-2-32-20-12-11-18(15-21(20)33(30,31)28-13-7-4-8-14-28)27-22(29)16-19(23(24,25)26)17-9-5-3-6-10-17/h3,5-6,9-12,15-16H,2,4,7-8,13-14H2,1H3,(H,27,29)/b19-16-. The molecular weight excluding hydrogens is 457 g/mol. The second-order valence-corrected chi connectivity index (χ2v) is 9.38. The molecule has 178 valence electrons. The zero-order valence-electron chi connectivity index (χ0n) is 18.1. The van der Waals surface area contributed by atoms with E-state index in [0.29, 0.717) is 19.2 Å². The maximum atomic E-state index is 13.5. The van der Waals surface area contributed by atoms with Gasteiger partial charge in [-0.15, -0.1) is 0 Å². The Labute approximate surface area is 191 Å². The molecule has 0 aromatic heterocycles. The van der Waals surface area contributed by atoms with Crippen LogP contribution in [0, 0.1) is 0 Å². The van der Waals surface area contributed by atoms with Gasteiger partial charge >= 0.3 is 6.18 Å². The van der Waals surface area contributed by atoms with E-state index in [-0.39, 0.29) is 28.5 Å². The van der Waals surface area contributed by atoms with Gasteiger partial charge in [0.2, 0.25) is 15.9 Å². The number of hydrogen-bond acceptors (Lipinski definition) is 4. The van der Waals surface area contributed by atoms with Crippen LogP contribution in [-0.2, 0) is 14.8 Å². The summed E-state index contributed by atoms with van der Waals surface area (Å²) in [6.45, 7) is 2.68. The van der Waals surface area contributed by atoms with E-state index in [0.717, 1.165) is 19.3 Å². The van der Waals surface area contributed by atoms with Crippen molar-refractivity contribution >= 4 is 27.2 Å². The fourth-order valence-corrected chi connectivity index (χ4v) is 5.24. The molecular formula is C23H25F3N2O4S. The summed E-state index contributed by atoms with van der Waals surface area (Å²) in [5.41, 5.74) is -1.21. The van der Waals surface area contributed by atoms with Gasteiger partial charge in [0, 0.05) is 24.9 Å². The lowest BCUT2D eigenvalue weighted by Crippen LogP contribution is -2.35. The maximum absolute atomic E-state index is 13.5. The Morgan fingerprint density at radius 3 is 2.36 bits per heavy atom. The number of alkyl halides is 3. The Bertz CT molecular complexity index is 1110. The number of carbonyl (C=O) groups is 1. The molecule has 10 heteroatoms. The average molecular weight is 483 g/mol. The minimum Gasteiger partial charge on any atom is -0.492 e. The number of rotatable bonds is 7. The van der Waals surface area contributed by atoms with Crippen molar-refractivity contribution < 1.29 is 31.1 Å². The summed E-state index contributed by atoms with van der Waals surface area (Å²) in [7, 11) is -3.90. The second kappa shape index (κ2) is 10.4. The molecule has 6 nitrogen and oxygen atoms in total. The number of nitrogens with one attached hydrogen (secondary N) is 1. The SMILES string of the molecule is CCOc1ccc(NC(=O)/C=C(/c2ccccc2)C(F)(F)F)cc1S(=O)(=O)N1CCCCC1. The molecule has 0 unspecified atom stereocenters. The number of hydrogen-bond donors (Lipinski definition) is 1. The van der Waals surface area contributed by atoms with E-state index in [2.05, 4.69) is 5.32 Å². The average Bonchev–Trinajstić information content (AvgIpc) is 2.79. The highest BCUT2D eigenvalue weighted by molar-refractivity contribution is 7.89. The molecule has 1 aliphatic heterocycles. The lowest BCUT2D eigenvalue weighted by atomic mass is 10.1. The van der Waals surface area contributed by atoms with Crippen molar-refractivity contribution in [1.82, 2.24) is 4.31 Å². The number of ether oxygens (including phenoxy) is 1. The number of nitrogens with zero attached hydrogens (tertiary/aromatic N) is 1. The molecule has 0 bridgehead atoms. The number of piperidine rings is 1. The third kappa shape index (κ3) is 6.14. The van der Waals surface area contributed by atoms with Gasteiger partial charge in [0.15, 0.2) is 0 Å². The zero-order valence-corrected chi connectivity index (χ0v) is 18.9. The number of halogens is 3. The van der Waals surface area contributed by atoms with E-state index in [1.807, 2.05) is 0 Å². The van der Waals surface area contributed by atoms with E-state index in [1.54, 1.807) is 13.0 Å². The van der Waals surface area contributed by atoms with Crippen molar-refractivity contribution in [3.63, 3.8) is 0 Å². The van der Waals surface area contributed by atoms with Crippen molar-refractivity contribution in [1.29, 1.82) is 0 Å². The van der Waals surface area contributed by atoms with Gasteiger partial charge in [-0.25, -0.2) is 8.42 Å². The van der Waals surface area contributed by atoms with Crippen molar-refractivity contribution in [2.75, 3.05) is 25.0 Å². The first kappa shape index (κ1) is 24.8. The first-order chi connectivity index (χ1) is 15.6. The van der Waals surface area contributed by atoms with Crippen molar-refractivity contribution in [3.8, 4) is 5.75 Å². The molecule has 1 aliphatic rings. The van der Waals surface area contributed by atoms with E-state index in [9.17, 15) is 26.4 Å². The minimum atomic E-state index is -4.75. The Kier molecular flexibility index (Phi) is 7.80. The van der Waals surface area contributed by atoms with E-state index >= 15 is 0 Å². The molecule has 3 rings (SSSR count). The second-order valence-electron chi connectivity index (χ2n) is 7.47. The summed E-state index contributed by atoms with van der Waals surface area (Å²) >= 11 is 0. The van der Waals surface area contributed by atoms with E-state index in [4.69, 9.17) is 4.74 Å². The highest BCUT2D eigenvalue weighted by Gasteiger charge is 2.35. The normalized spacial score (nSPS) is 15.8. The molecule has 0 spiro atoms. The molecule has 0 saturated carbocycles.